The number of hydrogen-bond acceptors (Lipinski definition) is 3. The summed E-state index contributed by atoms with van der Waals surface area (Å²) >= 11 is 10.9. The molecule has 1 N–H and O–H groups in total. The van der Waals surface area contributed by atoms with Crippen molar-refractivity contribution in [3.63, 3.8) is 0 Å². The van der Waals surface area contributed by atoms with Crippen molar-refractivity contribution in [1.29, 1.82) is 0 Å². The fraction of sp³-hybridized carbons (Fsp3) is 0.625. The highest BCUT2D eigenvalue weighted by atomic mass is 35.5. The summed E-state index contributed by atoms with van der Waals surface area (Å²) in [5, 5.41) is 8.93. The van der Waals surface area contributed by atoms with E-state index in [2.05, 4.69) is 0 Å². The summed E-state index contributed by atoms with van der Waals surface area (Å²) in [7, 11) is 0. The van der Waals surface area contributed by atoms with Crippen LogP contribution in [0.2, 0.25) is 0 Å². The Labute approximate surface area is 92.0 Å². The van der Waals surface area contributed by atoms with Gasteiger partial charge < -0.3 is 9.84 Å². The van der Waals surface area contributed by atoms with Gasteiger partial charge in [0.15, 0.2) is 0 Å². The maximum atomic E-state index is 10.9. The van der Waals surface area contributed by atoms with Gasteiger partial charge in [-0.25, -0.2) is 0 Å². The van der Waals surface area contributed by atoms with Crippen molar-refractivity contribution < 1.29 is 14.6 Å². The van der Waals surface area contributed by atoms with E-state index in [1.807, 2.05) is 0 Å². The minimum Gasteiger partial charge on any atom is -0.480 e. The van der Waals surface area contributed by atoms with Gasteiger partial charge in [0.1, 0.15) is 10.5 Å². The molecule has 1 saturated heterocycles. The lowest BCUT2D eigenvalue weighted by atomic mass is 10.2. The number of halogens is 2. The average Bonchev–Trinajstić information content (AvgIpc) is 2.15. The number of ether oxygens (including phenoxy) is 1. The Morgan fingerprint density at radius 1 is 1.43 bits per heavy atom. The van der Waals surface area contributed by atoms with Crippen LogP contribution in [0.15, 0.2) is 10.6 Å². The molecule has 1 heterocycles. The van der Waals surface area contributed by atoms with Gasteiger partial charge in [0.05, 0.1) is 13.2 Å². The van der Waals surface area contributed by atoms with Crippen molar-refractivity contribution in [2.45, 2.75) is 6.04 Å². The summed E-state index contributed by atoms with van der Waals surface area (Å²) in [6.45, 7) is 2.23. The molecule has 14 heavy (non-hydrogen) atoms. The third-order valence-electron chi connectivity index (χ3n) is 1.98. The number of aliphatic carboxylic acids is 1. The highest BCUT2D eigenvalue weighted by Gasteiger charge is 2.25. The van der Waals surface area contributed by atoms with E-state index in [4.69, 9.17) is 33.0 Å². The molecule has 1 fully saturated rings. The van der Waals surface area contributed by atoms with Crippen LogP contribution in [-0.2, 0) is 9.53 Å². The average molecular weight is 240 g/mol. The third-order valence-corrected chi connectivity index (χ3v) is 2.23. The fourth-order valence-electron chi connectivity index (χ4n) is 1.31. The predicted octanol–water partition coefficient (Wildman–Crippen LogP) is 1.09. The molecule has 0 saturated carbocycles. The summed E-state index contributed by atoms with van der Waals surface area (Å²) in [5.41, 5.74) is 0. The lowest BCUT2D eigenvalue weighted by Crippen LogP contribution is -2.46. The van der Waals surface area contributed by atoms with Gasteiger partial charge in [-0.05, 0) is 6.08 Å². The first-order valence-corrected chi connectivity index (χ1v) is 4.94. The van der Waals surface area contributed by atoms with Crippen molar-refractivity contribution in [2.24, 2.45) is 0 Å². The molecule has 0 aliphatic carbocycles. The van der Waals surface area contributed by atoms with E-state index in [0.29, 0.717) is 26.3 Å². The number of rotatable bonds is 3. The van der Waals surface area contributed by atoms with Crippen LogP contribution >= 0.6 is 23.2 Å². The van der Waals surface area contributed by atoms with Crippen LogP contribution in [-0.4, -0.2) is 48.3 Å². The molecule has 0 radical (unpaired) electrons. The zero-order chi connectivity index (χ0) is 10.6. The maximum Gasteiger partial charge on any atom is 0.325 e. The molecule has 0 amide bonds. The summed E-state index contributed by atoms with van der Waals surface area (Å²) < 4.78 is 5.09. The third kappa shape index (κ3) is 3.46. The second-order valence-electron chi connectivity index (χ2n) is 2.89. The van der Waals surface area contributed by atoms with Gasteiger partial charge in [-0.3, -0.25) is 9.69 Å². The minimum absolute atomic E-state index is 0.0242. The number of carboxylic acid groups (broad SMARTS) is 1. The van der Waals surface area contributed by atoms with E-state index in [0.717, 1.165) is 0 Å². The zero-order valence-corrected chi connectivity index (χ0v) is 8.96. The van der Waals surface area contributed by atoms with Gasteiger partial charge in [-0.2, -0.15) is 0 Å². The fourth-order valence-corrected chi connectivity index (χ4v) is 1.55. The highest BCUT2D eigenvalue weighted by molar-refractivity contribution is 6.56. The minimum atomic E-state index is -0.953. The zero-order valence-electron chi connectivity index (χ0n) is 7.45. The largest absolute Gasteiger partial charge is 0.480 e. The molecule has 0 aromatic carbocycles. The Bertz CT molecular complexity index is 235. The number of carbonyl (C=O) groups is 1. The summed E-state index contributed by atoms with van der Waals surface area (Å²) in [6, 6.07) is -0.760. The quantitative estimate of drug-likeness (QED) is 0.802. The SMILES string of the molecule is O=C(O)[C@@H](C=C(Cl)Cl)N1CCOCC1. The summed E-state index contributed by atoms with van der Waals surface area (Å²) in [6.07, 6.45) is 1.32. The smallest absolute Gasteiger partial charge is 0.325 e. The van der Waals surface area contributed by atoms with E-state index in [9.17, 15) is 4.79 Å². The molecule has 4 nitrogen and oxygen atoms in total. The molecular weight excluding hydrogens is 229 g/mol. The van der Waals surface area contributed by atoms with Crippen molar-refractivity contribution in [3.05, 3.63) is 10.6 Å². The molecule has 0 spiro atoms. The summed E-state index contributed by atoms with van der Waals surface area (Å²) in [4.78, 5) is 12.7. The van der Waals surface area contributed by atoms with Gasteiger partial charge in [-0.1, -0.05) is 23.2 Å². The van der Waals surface area contributed by atoms with Crippen molar-refractivity contribution >= 4 is 29.2 Å². The first-order chi connectivity index (χ1) is 6.61. The van der Waals surface area contributed by atoms with Crippen LogP contribution in [0.5, 0.6) is 0 Å². The van der Waals surface area contributed by atoms with E-state index < -0.39 is 12.0 Å². The number of hydrogen-bond donors (Lipinski definition) is 1. The van der Waals surface area contributed by atoms with Gasteiger partial charge in [0.2, 0.25) is 0 Å². The Kier molecular flexibility index (Phi) is 4.68. The second kappa shape index (κ2) is 5.56. The predicted molar refractivity (Wildman–Crippen MR) is 53.6 cm³/mol. The summed E-state index contributed by atoms with van der Waals surface area (Å²) in [5.74, 6) is -0.953. The lowest BCUT2D eigenvalue weighted by molar-refractivity contribution is -0.142. The second-order valence-corrected chi connectivity index (χ2v) is 3.90. The number of carboxylic acids is 1. The monoisotopic (exact) mass is 239 g/mol. The molecule has 0 aromatic rings. The Balaban J connectivity index is 2.66. The topological polar surface area (TPSA) is 49.8 Å². The van der Waals surface area contributed by atoms with Gasteiger partial charge in [-0.15, -0.1) is 0 Å². The molecule has 1 rings (SSSR count). The van der Waals surface area contributed by atoms with Gasteiger partial charge in [0.25, 0.3) is 0 Å². The van der Waals surface area contributed by atoms with E-state index in [-0.39, 0.29) is 4.49 Å². The normalized spacial score (nSPS) is 20.1. The van der Waals surface area contributed by atoms with E-state index >= 15 is 0 Å². The van der Waals surface area contributed by atoms with Crippen molar-refractivity contribution in [1.82, 2.24) is 4.90 Å². The number of morpholine rings is 1. The van der Waals surface area contributed by atoms with Crippen LogP contribution in [0, 0.1) is 0 Å². The van der Waals surface area contributed by atoms with Crippen LogP contribution < -0.4 is 0 Å². The molecule has 1 atom stereocenters. The van der Waals surface area contributed by atoms with Crippen LogP contribution in [0.25, 0.3) is 0 Å². The Hall–Kier alpha value is -0.290. The maximum absolute atomic E-state index is 10.9. The lowest BCUT2D eigenvalue weighted by Gasteiger charge is -2.30. The van der Waals surface area contributed by atoms with Gasteiger partial charge in [0, 0.05) is 13.1 Å². The molecule has 80 valence electrons. The van der Waals surface area contributed by atoms with Gasteiger partial charge >= 0.3 is 5.97 Å². The van der Waals surface area contributed by atoms with E-state index in [1.54, 1.807) is 4.90 Å². The molecule has 0 unspecified atom stereocenters. The highest BCUT2D eigenvalue weighted by Crippen LogP contribution is 2.13. The molecule has 1 aliphatic heterocycles. The number of nitrogens with zero attached hydrogens (tertiary/aromatic N) is 1. The molecule has 6 heteroatoms. The standard InChI is InChI=1S/C8H11Cl2NO3/c9-7(10)5-6(8(12)13)11-1-3-14-4-2-11/h5-6H,1-4H2,(H,12,13)/t6-/m1/s1. The first-order valence-electron chi connectivity index (χ1n) is 4.18. The molecular formula is C8H11Cl2NO3. The molecule has 1 aliphatic rings. The van der Waals surface area contributed by atoms with Crippen LogP contribution in [0.4, 0.5) is 0 Å². The van der Waals surface area contributed by atoms with Crippen molar-refractivity contribution in [2.75, 3.05) is 26.3 Å². The molecule has 0 bridgehead atoms. The van der Waals surface area contributed by atoms with Crippen LogP contribution in [0.1, 0.15) is 0 Å². The Morgan fingerprint density at radius 3 is 2.43 bits per heavy atom. The van der Waals surface area contributed by atoms with Crippen LogP contribution in [0.3, 0.4) is 0 Å². The van der Waals surface area contributed by atoms with E-state index in [1.165, 1.54) is 6.08 Å². The molecule has 0 aromatic heterocycles. The van der Waals surface area contributed by atoms with Crippen molar-refractivity contribution in [3.8, 4) is 0 Å². The Morgan fingerprint density at radius 2 is 2.00 bits per heavy atom. The first kappa shape index (κ1) is 11.8.